The van der Waals surface area contributed by atoms with E-state index in [0.717, 1.165) is 36.9 Å². The van der Waals surface area contributed by atoms with Gasteiger partial charge in [-0.2, -0.15) is 5.10 Å². The summed E-state index contributed by atoms with van der Waals surface area (Å²) in [5.74, 6) is 0. The fourth-order valence-electron chi connectivity index (χ4n) is 3.51. The van der Waals surface area contributed by atoms with Crippen LogP contribution >= 0.6 is 11.6 Å². The summed E-state index contributed by atoms with van der Waals surface area (Å²) in [5, 5.41) is 10.4. The molecule has 3 aromatic rings. The SMILES string of the molecule is C/C(=N/N1CCN(c2ccc(Cl)cc2)CC1)c1cccc2ccccc12. The lowest BCUT2D eigenvalue weighted by Crippen LogP contribution is -2.44. The Morgan fingerprint density at radius 2 is 1.54 bits per heavy atom. The van der Waals surface area contributed by atoms with E-state index in [0.29, 0.717) is 0 Å². The quantitative estimate of drug-likeness (QED) is 0.607. The molecule has 4 rings (SSSR count). The minimum absolute atomic E-state index is 0.780. The third kappa shape index (κ3) is 3.54. The molecule has 0 aliphatic carbocycles. The first-order valence-corrected chi connectivity index (χ1v) is 9.37. The molecular formula is C22H22ClN3. The highest BCUT2D eigenvalue weighted by atomic mass is 35.5. The standard InChI is InChI=1S/C22H22ClN3/c1-17(21-8-4-6-18-5-2-3-7-22(18)21)24-26-15-13-25(14-16-26)20-11-9-19(23)10-12-20/h2-12H,13-16H2,1H3/b24-17-. The van der Waals surface area contributed by atoms with Crippen molar-refractivity contribution in [3.05, 3.63) is 77.3 Å². The number of nitrogens with zero attached hydrogens (tertiary/aromatic N) is 3. The zero-order chi connectivity index (χ0) is 17.9. The monoisotopic (exact) mass is 363 g/mol. The van der Waals surface area contributed by atoms with E-state index in [2.05, 4.69) is 71.4 Å². The average molecular weight is 364 g/mol. The molecule has 1 aliphatic heterocycles. The summed E-state index contributed by atoms with van der Waals surface area (Å²) in [5.41, 5.74) is 3.51. The summed E-state index contributed by atoms with van der Waals surface area (Å²) in [7, 11) is 0. The maximum Gasteiger partial charge on any atom is 0.0652 e. The summed E-state index contributed by atoms with van der Waals surface area (Å²) in [4.78, 5) is 2.38. The van der Waals surface area contributed by atoms with E-state index in [1.165, 1.54) is 22.0 Å². The minimum atomic E-state index is 0.780. The molecule has 0 aromatic heterocycles. The Labute approximate surface area is 159 Å². The van der Waals surface area contributed by atoms with Gasteiger partial charge in [-0.15, -0.1) is 0 Å². The molecule has 0 N–H and O–H groups in total. The zero-order valence-electron chi connectivity index (χ0n) is 14.9. The molecule has 1 saturated heterocycles. The number of piperazine rings is 1. The molecule has 0 saturated carbocycles. The van der Waals surface area contributed by atoms with Crippen LogP contribution in [-0.2, 0) is 0 Å². The third-order valence-corrected chi connectivity index (χ3v) is 5.17. The molecule has 0 spiro atoms. The Kier molecular flexibility index (Phi) is 4.81. The predicted molar refractivity (Wildman–Crippen MR) is 111 cm³/mol. The van der Waals surface area contributed by atoms with E-state index in [-0.39, 0.29) is 0 Å². The highest BCUT2D eigenvalue weighted by molar-refractivity contribution is 6.30. The molecule has 0 radical (unpaired) electrons. The van der Waals surface area contributed by atoms with Crippen molar-refractivity contribution in [2.24, 2.45) is 5.10 Å². The van der Waals surface area contributed by atoms with Gasteiger partial charge in [0.25, 0.3) is 0 Å². The topological polar surface area (TPSA) is 18.8 Å². The summed E-state index contributed by atoms with van der Waals surface area (Å²) in [6.07, 6.45) is 0. The molecule has 0 amide bonds. The Hall–Kier alpha value is -2.52. The van der Waals surface area contributed by atoms with E-state index >= 15 is 0 Å². The van der Waals surface area contributed by atoms with Gasteiger partial charge >= 0.3 is 0 Å². The number of benzene rings is 3. The summed E-state index contributed by atoms with van der Waals surface area (Å²) in [6.45, 7) is 5.88. The van der Waals surface area contributed by atoms with Gasteiger partial charge in [0.2, 0.25) is 0 Å². The Balaban J connectivity index is 1.48. The van der Waals surface area contributed by atoms with Gasteiger partial charge in [-0.25, -0.2) is 0 Å². The van der Waals surface area contributed by atoms with Crippen LogP contribution in [0.1, 0.15) is 12.5 Å². The van der Waals surface area contributed by atoms with Crippen LogP contribution in [0.5, 0.6) is 0 Å². The van der Waals surface area contributed by atoms with E-state index < -0.39 is 0 Å². The second-order valence-electron chi connectivity index (χ2n) is 6.63. The molecule has 0 bridgehead atoms. The van der Waals surface area contributed by atoms with Crippen molar-refractivity contribution < 1.29 is 0 Å². The Morgan fingerprint density at radius 3 is 2.31 bits per heavy atom. The first kappa shape index (κ1) is 16.9. The second kappa shape index (κ2) is 7.38. The molecule has 3 aromatic carbocycles. The lowest BCUT2D eigenvalue weighted by atomic mass is 10.0. The number of hydrogen-bond acceptors (Lipinski definition) is 3. The summed E-state index contributed by atoms with van der Waals surface area (Å²) >= 11 is 5.99. The van der Waals surface area contributed by atoms with Crippen LogP contribution < -0.4 is 4.90 Å². The zero-order valence-corrected chi connectivity index (χ0v) is 15.7. The van der Waals surface area contributed by atoms with Gasteiger partial charge in [0.05, 0.1) is 18.8 Å². The molecule has 4 heteroatoms. The Morgan fingerprint density at radius 1 is 0.846 bits per heavy atom. The van der Waals surface area contributed by atoms with Crippen LogP contribution in [0.3, 0.4) is 0 Å². The number of hydrogen-bond donors (Lipinski definition) is 0. The molecule has 1 fully saturated rings. The van der Waals surface area contributed by atoms with Crippen LogP contribution in [0.25, 0.3) is 10.8 Å². The number of fused-ring (bicyclic) bond motifs is 1. The van der Waals surface area contributed by atoms with Crippen molar-refractivity contribution in [2.75, 3.05) is 31.1 Å². The van der Waals surface area contributed by atoms with Gasteiger partial charge in [-0.1, -0.05) is 54.1 Å². The summed E-state index contributed by atoms with van der Waals surface area (Å²) < 4.78 is 0. The lowest BCUT2D eigenvalue weighted by Gasteiger charge is -2.35. The fraction of sp³-hybridized carbons (Fsp3) is 0.227. The van der Waals surface area contributed by atoms with Crippen LogP contribution in [0.4, 0.5) is 5.69 Å². The first-order chi connectivity index (χ1) is 12.7. The molecule has 1 heterocycles. The third-order valence-electron chi connectivity index (χ3n) is 4.92. The molecule has 1 aliphatic rings. The van der Waals surface area contributed by atoms with E-state index in [4.69, 9.17) is 16.7 Å². The van der Waals surface area contributed by atoms with Gasteiger partial charge in [-0.3, -0.25) is 5.01 Å². The van der Waals surface area contributed by atoms with E-state index in [1.807, 2.05) is 12.1 Å². The van der Waals surface area contributed by atoms with Crippen LogP contribution in [-0.4, -0.2) is 36.9 Å². The first-order valence-electron chi connectivity index (χ1n) is 8.99. The lowest BCUT2D eigenvalue weighted by molar-refractivity contribution is 0.270. The maximum atomic E-state index is 5.99. The van der Waals surface area contributed by atoms with Crippen molar-refractivity contribution in [2.45, 2.75) is 6.92 Å². The molecule has 0 unspecified atom stereocenters. The Bertz CT molecular complexity index is 920. The number of anilines is 1. The second-order valence-corrected chi connectivity index (χ2v) is 7.07. The maximum absolute atomic E-state index is 5.99. The van der Waals surface area contributed by atoms with E-state index in [1.54, 1.807) is 0 Å². The van der Waals surface area contributed by atoms with Gasteiger partial charge in [-0.05, 0) is 42.0 Å². The van der Waals surface area contributed by atoms with Gasteiger partial charge in [0.15, 0.2) is 0 Å². The largest absolute Gasteiger partial charge is 0.368 e. The van der Waals surface area contributed by atoms with Crippen LogP contribution in [0.15, 0.2) is 71.8 Å². The van der Waals surface area contributed by atoms with Crippen molar-refractivity contribution >= 4 is 33.8 Å². The number of halogens is 1. The van der Waals surface area contributed by atoms with Gasteiger partial charge in [0.1, 0.15) is 0 Å². The van der Waals surface area contributed by atoms with Gasteiger partial charge in [0, 0.05) is 29.4 Å². The van der Waals surface area contributed by atoms with Crippen molar-refractivity contribution in [3.8, 4) is 0 Å². The molecule has 3 nitrogen and oxygen atoms in total. The van der Waals surface area contributed by atoms with Crippen molar-refractivity contribution in [3.63, 3.8) is 0 Å². The molecule has 26 heavy (non-hydrogen) atoms. The minimum Gasteiger partial charge on any atom is -0.368 e. The summed E-state index contributed by atoms with van der Waals surface area (Å²) in [6, 6.07) is 23.0. The number of rotatable bonds is 3. The normalized spacial score (nSPS) is 15.5. The smallest absolute Gasteiger partial charge is 0.0652 e. The molecule has 0 atom stereocenters. The fourth-order valence-corrected chi connectivity index (χ4v) is 3.64. The van der Waals surface area contributed by atoms with E-state index in [9.17, 15) is 0 Å². The van der Waals surface area contributed by atoms with Crippen LogP contribution in [0, 0.1) is 0 Å². The average Bonchev–Trinajstić information content (AvgIpc) is 2.69. The highest BCUT2D eigenvalue weighted by Crippen LogP contribution is 2.21. The van der Waals surface area contributed by atoms with Crippen molar-refractivity contribution in [1.82, 2.24) is 5.01 Å². The van der Waals surface area contributed by atoms with Crippen LogP contribution in [0.2, 0.25) is 5.02 Å². The van der Waals surface area contributed by atoms with Crippen molar-refractivity contribution in [1.29, 1.82) is 0 Å². The molecular weight excluding hydrogens is 342 g/mol. The molecule has 132 valence electrons. The number of hydrazone groups is 1. The van der Waals surface area contributed by atoms with Gasteiger partial charge < -0.3 is 4.90 Å². The highest BCUT2D eigenvalue weighted by Gasteiger charge is 2.16. The predicted octanol–water partition coefficient (Wildman–Crippen LogP) is 5.04.